The van der Waals surface area contributed by atoms with Crippen LogP contribution in [0.15, 0.2) is 4.99 Å². The molecular formula is C11H21Cl2N3O3S. The summed E-state index contributed by atoms with van der Waals surface area (Å²) < 4.78 is 5.85. The Hall–Kier alpha value is 0.240. The number of thioether (sulfide) groups is 1. The van der Waals surface area contributed by atoms with E-state index in [2.05, 4.69) is 15.6 Å². The number of ether oxygens (including phenoxy) is 1. The van der Waals surface area contributed by atoms with E-state index in [1.54, 1.807) is 7.05 Å². The van der Waals surface area contributed by atoms with Crippen LogP contribution in [0.25, 0.3) is 0 Å². The van der Waals surface area contributed by atoms with Crippen LogP contribution in [0.1, 0.15) is 12.8 Å². The van der Waals surface area contributed by atoms with Crippen LogP contribution < -0.4 is 10.6 Å². The van der Waals surface area contributed by atoms with Crippen molar-refractivity contribution in [3.05, 3.63) is 0 Å². The Morgan fingerprint density at radius 2 is 2.05 bits per heavy atom. The van der Waals surface area contributed by atoms with Gasteiger partial charge in [0.15, 0.2) is 5.17 Å². The van der Waals surface area contributed by atoms with Crippen LogP contribution in [-0.2, 0) is 4.74 Å². The fraction of sp³-hybridized carbons (Fsp3) is 0.909. The van der Waals surface area contributed by atoms with E-state index in [0.717, 1.165) is 5.17 Å². The molecule has 0 radical (unpaired) electrons. The number of nitrogens with one attached hydrogen (secondary N) is 2. The Balaban J connectivity index is 0.000001000. The van der Waals surface area contributed by atoms with Crippen LogP contribution in [0.4, 0.5) is 0 Å². The topological polar surface area (TPSA) is 86.1 Å². The summed E-state index contributed by atoms with van der Waals surface area (Å²) >= 11 is 1.47. The first-order valence-corrected chi connectivity index (χ1v) is 7.22. The highest BCUT2D eigenvalue weighted by molar-refractivity contribution is 8.14. The van der Waals surface area contributed by atoms with Crippen molar-refractivity contribution in [2.45, 2.75) is 48.7 Å². The molecule has 9 heteroatoms. The van der Waals surface area contributed by atoms with Gasteiger partial charge in [0, 0.05) is 19.6 Å². The van der Waals surface area contributed by atoms with Crippen molar-refractivity contribution in [2.24, 2.45) is 4.99 Å². The molecule has 0 aromatic carbocycles. The van der Waals surface area contributed by atoms with E-state index in [4.69, 9.17) is 4.74 Å². The number of hydrogen-bond acceptors (Lipinski definition) is 6. The number of amidine groups is 1. The molecule has 0 amide bonds. The molecule has 118 valence electrons. The maximum atomic E-state index is 10.1. The molecule has 3 rings (SSSR count). The third-order valence-corrected chi connectivity index (χ3v) is 4.77. The third-order valence-electron chi connectivity index (χ3n) is 3.61. The molecule has 4 N–H and O–H groups in total. The molecule has 0 aromatic heterocycles. The molecule has 0 bridgehead atoms. The van der Waals surface area contributed by atoms with Crippen molar-refractivity contribution in [1.29, 1.82) is 0 Å². The predicted octanol–water partition coefficient (Wildman–Crippen LogP) is -0.281. The van der Waals surface area contributed by atoms with Gasteiger partial charge in [-0.15, -0.1) is 24.8 Å². The monoisotopic (exact) mass is 345 g/mol. The normalized spacial score (nSPS) is 41.4. The minimum atomic E-state index is -0.859. The summed E-state index contributed by atoms with van der Waals surface area (Å²) in [6.45, 7) is 0.589. The van der Waals surface area contributed by atoms with Gasteiger partial charge in [0.25, 0.3) is 0 Å². The molecule has 3 fully saturated rings. The van der Waals surface area contributed by atoms with Gasteiger partial charge in [-0.05, 0) is 12.8 Å². The molecule has 1 aliphatic carbocycles. The van der Waals surface area contributed by atoms with Gasteiger partial charge in [-0.1, -0.05) is 11.8 Å². The van der Waals surface area contributed by atoms with Crippen molar-refractivity contribution in [3.8, 4) is 0 Å². The first kappa shape index (κ1) is 18.3. The average Bonchev–Trinajstić information content (AvgIpc) is 3.10. The first-order chi connectivity index (χ1) is 8.69. The number of aliphatic hydroxyl groups is 2. The molecular weight excluding hydrogens is 325 g/mol. The van der Waals surface area contributed by atoms with Gasteiger partial charge in [-0.3, -0.25) is 4.99 Å². The fourth-order valence-electron chi connectivity index (χ4n) is 2.33. The van der Waals surface area contributed by atoms with Gasteiger partial charge >= 0.3 is 0 Å². The standard InChI is InChI=1S/C11H19N3O3S.2ClH/c1-12-11-14-7-9(16)8(15)6(17-10(7)18-11)4-13-5-2-3-5;;/h5-10,13,15-16H,2-4H2,1H3,(H,12,14);2*1H/t6-,7-,8-,9-,10-;;/m1../s1. The lowest BCUT2D eigenvalue weighted by Gasteiger charge is -2.39. The smallest absolute Gasteiger partial charge is 0.159 e. The lowest BCUT2D eigenvalue weighted by molar-refractivity contribution is -0.154. The highest BCUT2D eigenvalue weighted by atomic mass is 35.5. The largest absolute Gasteiger partial charge is 0.388 e. The van der Waals surface area contributed by atoms with Crippen molar-refractivity contribution in [1.82, 2.24) is 10.6 Å². The maximum absolute atomic E-state index is 10.1. The SMILES string of the molecule is CN=C1N[C@@H]2[C@@H](O)[C@H](O)[C@@H](CNC3CC3)O[C@@H]2S1.Cl.Cl. The highest BCUT2D eigenvalue weighted by Gasteiger charge is 2.48. The van der Waals surface area contributed by atoms with Crippen LogP contribution >= 0.6 is 36.6 Å². The number of aliphatic imine (C=N–C) groups is 1. The van der Waals surface area contributed by atoms with Gasteiger partial charge in [0.1, 0.15) is 23.7 Å². The van der Waals surface area contributed by atoms with Crippen molar-refractivity contribution < 1.29 is 14.9 Å². The Bertz CT molecular complexity index is 360. The van der Waals surface area contributed by atoms with Crippen molar-refractivity contribution in [3.63, 3.8) is 0 Å². The van der Waals surface area contributed by atoms with Crippen LogP contribution in [0.3, 0.4) is 0 Å². The highest BCUT2D eigenvalue weighted by Crippen LogP contribution is 2.33. The molecule has 1 saturated carbocycles. The summed E-state index contributed by atoms with van der Waals surface area (Å²) in [4.78, 5) is 4.06. The summed E-state index contributed by atoms with van der Waals surface area (Å²) in [5.41, 5.74) is -0.173. The quantitative estimate of drug-likeness (QED) is 0.563. The number of aliphatic hydroxyl groups excluding tert-OH is 2. The van der Waals surface area contributed by atoms with Gasteiger partial charge in [0.2, 0.25) is 0 Å². The second kappa shape index (κ2) is 7.49. The molecule has 6 nitrogen and oxygen atoms in total. The van der Waals surface area contributed by atoms with Gasteiger partial charge in [0.05, 0.1) is 6.04 Å². The molecule has 2 aliphatic heterocycles. The lowest BCUT2D eigenvalue weighted by Crippen LogP contribution is -2.60. The molecule has 0 spiro atoms. The summed E-state index contributed by atoms with van der Waals surface area (Å²) in [5.74, 6) is 0. The number of rotatable bonds is 3. The maximum Gasteiger partial charge on any atom is 0.159 e. The van der Waals surface area contributed by atoms with Gasteiger partial charge in [-0.2, -0.15) is 0 Å². The van der Waals surface area contributed by atoms with Gasteiger partial charge < -0.3 is 25.6 Å². The fourth-order valence-corrected chi connectivity index (χ4v) is 3.43. The minimum Gasteiger partial charge on any atom is -0.388 e. The first-order valence-electron chi connectivity index (χ1n) is 6.34. The van der Waals surface area contributed by atoms with E-state index in [1.165, 1.54) is 24.6 Å². The predicted molar refractivity (Wildman–Crippen MR) is 84.1 cm³/mol. The van der Waals surface area contributed by atoms with E-state index in [9.17, 15) is 10.2 Å². The van der Waals surface area contributed by atoms with Crippen molar-refractivity contribution >= 4 is 41.7 Å². The van der Waals surface area contributed by atoms with E-state index in [1.807, 2.05) is 0 Å². The van der Waals surface area contributed by atoms with Gasteiger partial charge in [-0.25, -0.2) is 0 Å². The van der Waals surface area contributed by atoms with Crippen LogP contribution in [0, 0.1) is 0 Å². The Morgan fingerprint density at radius 1 is 1.35 bits per heavy atom. The zero-order valence-corrected chi connectivity index (χ0v) is 13.5. The van der Waals surface area contributed by atoms with Crippen LogP contribution in [0.5, 0.6) is 0 Å². The molecule has 5 atom stereocenters. The molecule has 2 heterocycles. The summed E-state index contributed by atoms with van der Waals surface area (Å²) in [6.07, 6.45) is 0.358. The number of hydrogen-bond donors (Lipinski definition) is 4. The van der Waals surface area contributed by atoms with E-state index < -0.39 is 12.2 Å². The lowest BCUT2D eigenvalue weighted by atomic mass is 9.98. The number of nitrogens with zero attached hydrogens (tertiary/aromatic N) is 1. The second-order valence-corrected chi connectivity index (χ2v) is 6.11. The van der Waals surface area contributed by atoms with Crippen molar-refractivity contribution in [2.75, 3.05) is 13.6 Å². The van der Waals surface area contributed by atoms with Crippen LogP contribution in [-0.4, -0.2) is 64.8 Å². The van der Waals surface area contributed by atoms with E-state index in [0.29, 0.717) is 12.6 Å². The summed E-state index contributed by atoms with van der Waals surface area (Å²) in [7, 11) is 1.70. The zero-order valence-electron chi connectivity index (χ0n) is 11.1. The molecule has 20 heavy (non-hydrogen) atoms. The second-order valence-electron chi connectivity index (χ2n) is 5.02. The molecule has 0 aromatic rings. The molecule has 0 unspecified atom stereocenters. The molecule has 2 saturated heterocycles. The zero-order chi connectivity index (χ0) is 12.7. The Labute approximate surface area is 134 Å². The third kappa shape index (κ3) is 3.71. The van der Waals surface area contributed by atoms with E-state index in [-0.39, 0.29) is 42.4 Å². The Kier molecular flexibility index (Phi) is 6.85. The Morgan fingerprint density at radius 3 is 2.65 bits per heavy atom. The van der Waals surface area contributed by atoms with Crippen LogP contribution in [0.2, 0.25) is 0 Å². The number of fused-ring (bicyclic) bond motifs is 1. The summed E-state index contributed by atoms with van der Waals surface area (Å²) in [6, 6.07) is 0.290. The summed E-state index contributed by atoms with van der Waals surface area (Å²) in [5, 5.41) is 27.4. The average molecular weight is 346 g/mol. The minimum absolute atomic E-state index is 0. The number of halogens is 2. The molecule has 3 aliphatic rings. The van der Waals surface area contributed by atoms with E-state index >= 15 is 0 Å².